The highest BCUT2D eigenvalue weighted by atomic mass is 35.5. The van der Waals surface area contributed by atoms with Gasteiger partial charge in [-0.2, -0.15) is 0 Å². The molecule has 2 atom stereocenters. The van der Waals surface area contributed by atoms with E-state index in [9.17, 15) is 18.0 Å². The first-order valence-corrected chi connectivity index (χ1v) is 15.8. The number of amides is 2. The number of carbonyl (C=O) groups is 2. The predicted molar refractivity (Wildman–Crippen MR) is 166 cm³/mol. The first-order valence-electron chi connectivity index (χ1n) is 13.3. The lowest BCUT2D eigenvalue weighted by molar-refractivity contribution is -0.140. The summed E-state index contributed by atoms with van der Waals surface area (Å²) in [6, 6.07) is 16.7. The molecule has 0 aliphatic carbocycles. The number of nitrogens with zero attached hydrogens (tertiary/aromatic N) is 2. The van der Waals surface area contributed by atoms with E-state index < -0.39 is 28.5 Å². The average molecular weight is 639 g/mol. The van der Waals surface area contributed by atoms with Crippen LogP contribution in [0.1, 0.15) is 44.7 Å². The Bertz CT molecular complexity index is 1480. The monoisotopic (exact) mass is 637 g/mol. The van der Waals surface area contributed by atoms with E-state index in [-0.39, 0.29) is 34.1 Å². The van der Waals surface area contributed by atoms with E-state index in [1.54, 1.807) is 55.5 Å². The van der Waals surface area contributed by atoms with Gasteiger partial charge in [-0.25, -0.2) is 8.42 Å². The molecule has 3 aromatic rings. The molecule has 0 unspecified atom stereocenters. The van der Waals surface area contributed by atoms with Crippen LogP contribution in [0, 0.1) is 6.92 Å². The minimum Gasteiger partial charge on any atom is -0.352 e. The summed E-state index contributed by atoms with van der Waals surface area (Å²) in [4.78, 5) is 28.9. The molecule has 7 nitrogen and oxygen atoms in total. The molecule has 0 aliphatic rings. The zero-order chi connectivity index (χ0) is 30.3. The number of rotatable bonds is 12. The van der Waals surface area contributed by atoms with E-state index in [4.69, 9.17) is 34.8 Å². The number of benzene rings is 3. The van der Waals surface area contributed by atoms with Crippen molar-refractivity contribution in [2.45, 2.75) is 64.1 Å². The largest absolute Gasteiger partial charge is 0.352 e. The smallest absolute Gasteiger partial charge is 0.264 e. The Balaban J connectivity index is 2.09. The second kappa shape index (κ2) is 14.4. The number of sulfonamides is 1. The Labute approximate surface area is 257 Å². The van der Waals surface area contributed by atoms with Gasteiger partial charge in [0.2, 0.25) is 11.8 Å². The fourth-order valence-corrected chi connectivity index (χ4v) is 6.24. The van der Waals surface area contributed by atoms with Crippen LogP contribution in [0.2, 0.25) is 15.1 Å². The zero-order valence-corrected chi connectivity index (χ0v) is 26.5. The number of anilines is 1. The van der Waals surface area contributed by atoms with E-state index in [0.29, 0.717) is 28.5 Å². The summed E-state index contributed by atoms with van der Waals surface area (Å²) in [5, 5.41) is 3.76. The van der Waals surface area contributed by atoms with Crippen molar-refractivity contribution in [2.24, 2.45) is 0 Å². The summed E-state index contributed by atoms with van der Waals surface area (Å²) in [6.45, 7) is 6.88. The lowest BCUT2D eigenvalue weighted by atomic mass is 10.1. The molecule has 41 heavy (non-hydrogen) atoms. The Morgan fingerprint density at radius 2 is 1.54 bits per heavy atom. The molecular weight excluding hydrogens is 605 g/mol. The van der Waals surface area contributed by atoms with Gasteiger partial charge in [0.25, 0.3) is 10.0 Å². The number of para-hydroxylation sites is 1. The van der Waals surface area contributed by atoms with Crippen molar-refractivity contribution in [2.75, 3.05) is 10.8 Å². The van der Waals surface area contributed by atoms with Crippen molar-refractivity contribution in [3.8, 4) is 0 Å². The zero-order valence-electron chi connectivity index (χ0n) is 23.4. The quantitative estimate of drug-likeness (QED) is 0.235. The van der Waals surface area contributed by atoms with Gasteiger partial charge in [-0.1, -0.05) is 84.5 Å². The highest BCUT2D eigenvalue weighted by molar-refractivity contribution is 7.92. The van der Waals surface area contributed by atoms with Gasteiger partial charge >= 0.3 is 0 Å². The van der Waals surface area contributed by atoms with E-state index in [0.717, 1.165) is 9.87 Å². The number of carbonyl (C=O) groups excluding carboxylic acids is 2. The molecule has 0 saturated heterocycles. The minimum atomic E-state index is -4.22. The number of aryl methyl sites for hydroxylation is 1. The van der Waals surface area contributed by atoms with Crippen molar-refractivity contribution in [1.82, 2.24) is 10.2 Å². The Morgan fingerprint density at radius 3 is 2.12 bits per heavy atom. The molecule has 0 saturated carbocycles. The van der Waals surface area contributed by atoms with Crippen LogP contribution >= 0.6 is 34.8 Å². The molecule has 0 aromatic heterocycles. The molecule has 0 aliphatic heterocycles. The van der Waals surface area contributed by atoms with Gasteiger partial charge in [0.1, 0.15) is 12.6 Å². The number of halogens is 3. The summed E-state index contributed by atoms with van der Waals surface area (Å²) in [6.07, 6.45) is 1.00. The lowest BCUT2D eigenvalue weighted by Gasteiger charge is -2.34. The van der Waals surface area contributed by atoms with Crippen LogP contribution in [0.25, 0.3) is 0 Å². The topological polar surface area (TPSA) is 86.8 Å². The van der Waals surface area contributed by atoms with Crippen LogP contribution in [0.3, 0.4) is 0 Å². The molecule has 220 valence electrons. The number of hydrogen-bond acceptors (Lipinski definition) is 4. The van der Waals surface area contributed by atoms with Crippen LogP contribution in [0.4, 0.5) is 5.69 Å². The van der Waals surface area contributed by atoms with E-state index >= 15 is 0 Å². The summed E-state index contributed by atoms with van der Waals surface area (Å²) < 4.78 is 28.9. The maximum absolute atomic E-state index is 14.1. The fourth-order valence-electron chi connectivity index (χ4n) is 4.20. The molecule has 1 N–H and O–H groups in total. The van der Waals surface area contributed by atoms with E-state index in [1.807, 2.05) is 20.8 Å². The lowest BCUT2D eigenvalue weighted by Crippen LogP contribution is -2.53. The molecule has 3 aromatic carbocycles. The maximum Gasteiger partial charge on any atom is 0.264 e. The standard InChI is InChI=1S/C30H34Cl3N3O4S/c1-5-21(4)34-30(38)27(6-2)35(18-22-13-16-24(31)26(33)17-22)29(37)19-36(28-10-8-7-9-25(28)32)41(39,40)23-14-11-20(3)12-15-23/h7-17,21,27H,5-6,18-19H2,1-4H3,(H,34,38)/t21-,27+/m1/s1. The molecule has 0 radical (unpaired) electrons. The molecular formula is C30H34Cl3N3O4S. The van der Waals surface area contributed by atoms with Gasteiger partial charge in [-0.3, -0.25) is 13.9 Å². The molecule has 2 amide bonds. The third-order valence-corrected chi connectivity index (χ3v) is 9.57. The van der Waals surface area contributed by atoms with Gasteiger partial charge in [0, 0.05) is 12.6 Å². The Morgan fingerprint density at radius 1 is 0.878 bits per heavy atom. The van der Waals surface area contributed by atoms with E-state index in [1.165, 1.54) is 23.1 Å². The summed E-state index contributed by atoms with van der Waals surface area (Å²) in [5.74, 6) is -0.918. The van der Waals surface area contributed by atoms with Crippen molar-refractivity contribution < 1.29 is 18.0 Å². The van der Waals surface area contributed by atoms with E-state index in [2.05, 4.69) is 5.32 Å². The second-order valence-corrected chi connectivity index (χ2v) is 12.9. The van der Waals surface area contributed by atoms with Crippen molar-refractivity contribution in [1.29, 1.82) is 0 Å². The van der Waals surface area contributed by atoms with Crippen molar-refractivity contribution in [3.63, 3.8) is 0 Å². The van der Waals surface area contributed by atoms with Crippen LogP contribution in [0.15, 0.2) is 71.6 Å². The number of hydrogen-bond donors (Lipinski definition) is 1. The minimum absolute atomic E-state index is 0.00307. The third-order valence-electron chi connectivity index (χ3n) is 6.73. The van der Waals surface area contributed by atoms with Crippen LogP contribution in [-0.4, -0.2) is 43.8 Å². The fraction of sp³-hybridized carbons (Fsp3) is 0.333. The molecule has 0 bridgehead atoms. The van der Waals surface area contributed by atoms with Crippen LogP contribution in [0.5, 0.6) is 0 Å². The molecule has 0 heterocycles. The summed E-state index contributed by atoms with van der Waals surface area (Å²) in [5.41, 5.74) is 1.66. The van der Waals surface area contributed by atoms with Crippen molar-refractivity contribution >= 4 is 62.3 Å². The highest BCUT2D eigenvalue weighted by Gasteiger charge is 2.34. The van der Waals surface area contributed by atoms with Crippen LogP contribution in [-0.2, 0) is 26.2 Å². The van der Waals surface area contributed by atoms with Crippen molar-refractivity contribution in [3.05, 3.63) is 92.9 Å². The second-order valence-electron chi connectivity index (χ2n) is 9.79. The van der Waals surface area contributed by atoms with Gasteiger partial charge < -0.3 is 10.2 Å². The predicted octanol–water partition coefficient (Wildman–Crippen LogP) is 6.87. The van der Waals surface area contributed by atoms with Gasteiger partial charge in [-0.15, -0.1) is 0 Å². The Kier molecular flexibility index (Phi) is 11.5. The normalized spacial score (nSPS) is 12.9. The first-order chi connectivity index (χ1) is 19.4. The highest BCUT2D eigenvalue weighted by Crippen LogP contribution is 2.31. The Hall–Kier alpha value is -2.78. The number of nitrogens with one attached hydrogen (secondary N) is 1. The van der Waals surface area contributed by atoms with Crippen LogP contribution < -0.4 is 9.62 Å². The van der Waals surface area contributed by atoms with Gasteiger partial charge in [0.05, 0.1) is 25.7 Å². The van der Waals surface area contributed by atoms with Gasteiger partial charge in [0.15, 0.2) is 0 Å². The molecule has 0 spiro atoms. The molecule has 3 rings (SSSR count). The van der Waals surface area contributed by atoms with Gasteiger partial charge in [-0.05, 0) is 68.7 Å². The first kappa shape index (κ1) is 32.7. The maximum atomic E-state index is 14.1. The summed E-state index contributed by atoms with van der Waals surface area (Å²) >= 11 is 18.8. The molecule has 11 heteroatoms. The summed E-state index contributed by atoms with van der Waals surface area (Å²) in [7, 11) is -4.22. The average Bonchev–Trinajstić information content (AvgIpc) is 2.94. The molecule has 0 fully saturated rings. The SMILES string of the molecule is CC[C@@H](C)NC(=O)[C@H](CC)N(Cc1ccc(Cl)c(Cl)c1)C(=O)CN(c1ccccc1Cl)S(=O)(=O)c1ccc(C)cc1. The third kappa shape index (κ3) is 8.16.